The Bertz CT molecular complexity index is 1360. The fourth-order valence-electron chi connectivity index (χ4n) is 4.46. The highest BCUT2D eigenvalue weighted by atomic mass is 32.1. The largest absolute Gasteiger partial charge is 0.481 e. The summed E-state index contributed by atoms with van der Waals surface area (Å²) in [6, 6.07) is 3.59. The van der Waals surface area contributed by atoms with Crippen LogP contribution in [0, 0.1) is 5.41 Å². The molecule has 0 aliphatic carbocycles. The number of ether oxygens (including phenoxy) is 1. The van der Waals surface area contributed by atoms with E-state index in [-0.39, 0.29) is 23.3 Å². The Morgan fingerprint density at radius 2 is 2.06 bits per heavy atom. The van der Waals surface area contributed by atoms with Gasteiger partial charge in [0.1, 0.15) is 4.83 Å². The number of carbonyl (C=O) groups excluding carboxylic acids is 2. The second kappa shape index (κ2) is 9.40. The molecule has 0 bridgehead atoms. The summed E-state index contributed by atoms with van der Waals surface area (Å²) in [4.78, 5) is 33.7. The van der Waals surface area contributed by atoms with E-state index in [0.717, 1.165) is 28.4 Å². The first kappa shape index (κ1) is 24.0. The number of hydrogen-bond acceptors (Lipinski definition) is 8. The van der Waals surface area contributed by atoms with E-state index in [2.05, 4.69) is 44.8 Å². The van der Waals surface area contributed by atoms with Crippen molar-refractivity contribution in [1.82, 2.24) is 35.4 Å². The van der Waals surface area contributed by atoms with Gasteiger partial charge >= 0.3 is 0 Å². The molecule has 0 radical (unpaired) electrons. The molecule has 3 N–H and O–H groups in total. The van der Waals surface area contributed by atoms with Crippen molar-refractivity contribution in [3.8, 4) is 16.3 Å². The zero-order valence-electron chi connectivity index (χ0n) is 20.7. The second-order valence-corrected chi connectivity index (χ2v) is 10.9. The third-order valence-electron chi connectivity index (χ3n) is 6.15. The molecule has 2 amide bonds. The van der Waals surface area contributed by atoms with Crippen LogP contribution in [-0.4, -0.2) is 64.1 Å². The zero-order chi connectivity index (χ0) is 25.4. The first-order valence-electron chi connectivity index (χ1n) is 11.7. The van der Waals surface area contributed by atoms with Crippen molar-refractivity contribution in [2.45, 2.75) is 26.8 Å². The highest BCUT2D eigenvalue weighted by Gasteiger charge is 2.34. The molecule has 0 spiro atoms. The van der Waals surface area contributed by atoms with Crippen molar-refractivity contribution in [3.63, 3.8) is 0 Å². The molecule has 0 aromatic carbocycles. The van der Waals surface area contributed by atoms with Gasteiger partial charge in [0.2, 0.25) is 11.8 Å². The molecule has 2 aliphatic rings. The molecule has 1 unspecified atom stereocenters. The first-order chi connectivity index (χ1) is 17.2. The fourth-order valence-corrected chi connectivity index (χ4v) is 5.50. The van der Waals surface area contributed by atoms with Crippen molar-refractivity contribution >= 4 is 28.0 Å². The maximum atomic E-state index is 13.2. The quantitative estimate of drug-likeness (QED) is 0.450. The van der Waals surface area contributed by atoms with Gasteiger partial charge in [0.05, 0.1) is 42.0 Å². The van der Waals surface area contributed by atoms with Gasteiger partial charge in [-0.25, -0.2) is 9.50 Å². The number of amides is 2. The van der Waals surface area contributed by atoms with Crippen molar-refractivity contribution in [2.24, 2.45) is 5.41 Å². The van der Waals surface area contributed by atoms with Crippen LogP contribution in [0.3, 0.4) is 0 Å². The fraction of sp³-hybridized carbons (Fsp3) is 0.360. The molecule has 1 saturated heterocycles. The summed E-state index contributed by atoms with van der Waals surface area (Å²) in [6.45, 7) is 8.49. The van der Waals surface area contributed by atoms with Gasteiger partial charge in [-0.1, -0.05) is 13.8 Å². The molecule has 1 atom stereocenters. The van der Waals surface area contributed by atoms with Gasteiger partial charge < -0.3 is 20.7 Å². The Kier molecular flexibility index (Phi) is 6.27. The molecule has 0 saturated carbocycles. The number of fused-ring (bicyclic) bond motifs is 1. The number of thiazole rings is 1. The van der Waals surface area contributed by atoms with Gasteiger partial charge in [-0.3, -0.25) is 14.5 Å². The van der Waals surface area contributed by atoms with Crippen LogP contribution >= 0.6 is 11.3 Å². The van der Waals surface area contributed by atoms with E-state index in [9.17, 15) is 9.59 Å². The summed E-state index contributed by atoms with van der Waals surface area (Å²) in [6.07, 6.45) is 8.71. The van der Waals surface area contributed by atoms with Crippen molar-refractivity contribution in [3.05, 3.63) is 60.0 Å². The molecule has 1 fully saturated rings. The van der Waals surface area contributed by atoms with Crippen LogP contribution < -0.4 is 20.7 Å². The lowest BCUT2D eigenvalue weighted by molar-refractivity contribution is -0.124. The molecule has 3 aromatic rings. The van der Waals surface area contributed by atoms with E-state index in [4.69, 9.17) is 4.74 Å². The predicted octanol–water partition coefficient (Wildman–Crippen LogP) is 2.37. The minimum atomic E-state index is -0.262. The molecule has 5 heterocycles. The van der Waals surface area contributed by atoms with E-state index < -0.39 is 0 Å². The molecule has 3 aromatic heterocycles. The van der Waals surface area contributed by atoms with Crippen LogP contribution in [0.25, 0.3) is 15.3 Å². The lowest BCUT2D eigenvalue weighted by atomic mass is 9.84. The van der Waals surface area contributed by atoms with Crippen molar-refractivity contribution in [1.29, 1.82) is 0 Å². The maximum Gasteiger partial charge on any atom is 0.260 e. The number of nitrogens with zero attached hydrogens (tertiary/aromatic N) is 4. The number of allylic oxidation sites excluding steroid dienone is 1. The molecule has 11 heteroatoms. The SMILES string of the molecule is COc1ccc(-c2cn3ncc(C(=O)NC4=CC(NC(=O)CN5CC(C)(C)C5)=CNC4C)c3s2)cn1. The van der Waals surface area contributed by atoms with Crippen LogP contribution in [0.5, 0.6) is 5.88 Å². The van der Waals surface area contributed by atoms with E-state index in [1.165, 1.54) is 11.3 Å². The number of dihydropyridines is 1. The Balaban J connectivity index is 1.26. The Hall–Kier alpha value is -3.70. The van der Waals surface area contributed by atoms with Crippen molar-refractivity contribution < 1.29 is 14.3 Å². The number of methoxy groups -OCH3 is 1. The van der Waals surface area contributed by atoms with Gasteiger partial charge in [0.25, 0.3) is 5.91 Å². The number of rotatable bonds is 7. The minimum absolute atomic E-state index is 0.0764. The summed E-state index contributed by atoms with van der Waals surface area (Å²) in [7, 11) is 1.57. The Morgan fingerprint density at radius 3 is 2.75 bits per heavy atom. The third-order valence-corrected chi connectivity index (χ3v) is 7.31. The van der Waals surface area contributed by atoms with E-state index in [1.54, 1.807) is 42.4 Å². The molecular formula is C25H29N7O3S. The summed E-state index contributed by atoms with van der Waals surface area (Å²) in [5, 5.41) is 13.5. The van der Waals surface area contributed by atoms with Crippen molar-refractivity contribution in [2.75, 3.05) is 26.7 Å². The third kappa shape index (κ3) is 4.98. The highest BCUT2D eigenvalue weighted by Crippen LogP contribution is 2.31. The molecule has 2 aliphatic heterocycles. The van der Waals surface area contributed by atoms with E-state index in [1.807, 2.05) is 19.2 Å². The molecule has 188 valence electrons. The zero-order valence-corrected chi connectivity index (χ0v) is 21.5. The average molecular weight is 508 g/mol. The summed E-state index contributed by atoms with van der Waals surface area (Å²) < 4.78 is 6.82. The lowest BCUT2D eigenvalue weighted by Gasteiger charge is -2.45. The lowest BCUT2D eigenvalue weighted by Crippen LogP contribution is -2.55. The summed E-state index contributed by atoms with van der Waals surface area (Å²) in [5.41, 5.74) is 2.93. The Morgan fingerprint density at radius 1 is 1.25 bits per heavy atom. The summed E-state index contributed by atoms with van der Waals surface area (Å²) >= 11 is 1.46. The molecular weight excluding hydrogens is 478 g/mol. The van der Waals surface area contributed by atoms with Crippen LogP contribution in [0.4, 0.5) is 0 Å². The Labute approximate surface area is 213 Å². The number of pyridine rings is 1. The molecule has 36 heavy (non-hydrogen) atoms. The first-order valence-corrected chi connectivity index (χ1v) is 12.5. The van der Waals surface area contributed by atoms with Crippen LogP contribution in [0.1, 0.15) is 31.1 Å². The van der Waals surface area contributed by atoms with Gasteiger partial charge in [-0.2, -0.15) is 5.10 Å². The van der Waals surface area contributed by atoms with Gasteiger partial charge in [0.15, 0.2) is 0 Å². The minimum Gasteiger partial charge on any atom is -0.481 e. The van der Waals surface area contributed by atoms with E-state index in [0.29, 0.717) is 29.4 Å². The average Bonchev–Trinajstić information content (AvgIpc) is 3.41. The van der Waals surface area contributed by atoms with Crippen LogP contribution in [0.2, 0.25) is 0 Å². The maximum absolute atomic E-state index is 13.2. The molecule has 5 rings (SSSR count). The summed E-state index contributed by atoms with van der Waals surface area (Å²) in [5.74, 6) is 0.201. The normalized spacial score (nSPS) is 19.1. The number of likely N-dealkylation sites (tertiary alicyclic amines) is 1. The highest BCUT2D eigenvalue weighted by molar-refractivity contribution is 7.21. The number of aromatic nitrogens is 3. The van der Waals surface area contributed by atoms with Gasteiger partial charge in [0, 0.05) is 49.0 Å². The van der Waals surface area contributed by atoms with Crippen LogP contribution in [0.15, 0.2) is 54.4 Å². The molecule has 10 nitrogen and oxygen atoms in total. The smallest absolute Gasteiger partial charge is 0.260 e. The predicted molar refractivity (Wildman–Crippen MR) is 137 cm³/mol. The van der Waals surface area contributed by atoms with E-state index >= 15 is 0 Å². The van der Waals surface area contributed by atoms with Crippen LogP contribution in [-0.2, 0) is 4.79 Å². The second-order valence-electron chi connectivity index (χ2n) is 9.89. The van der Waals surface area contributed by atoms with Gasteiger partial charge in [-0.15, -0.1) is 11.3 Å². The number of carbonyl (C=O) groups is 2. The monoisotopic (exact) mass is 507 g/mol. The topological polar surface area (TPSA) is 113 Å². The number of nitrogens with one attached hydrogen (secondary N) is 3. The van der Waals surface area contributed by atoms with Gasteiger partial charge in [-0.05, 0) is 24.5 Å². The standard InChI is InChI=1S/C25H29N7O3S/c1-15-19(7-17(9-26-15)29-21(33)12-31-13-25(2,3)14-31)30-23(34)18-10-28-32-11-20(36-24(18)32)16-5-6-22(35-4)27-8-16/h5-11,15,26H,12-14H2,1-4H3,(H,29,33)(H,30,34). The number of hydrogen-bond donors (Lipinski definition) is 3.